The fraction of sp³-hybridized carbons (Fsp3) is 0.429. The van der Waals surface area contributed by atoms with Crippen molar-refractivity contribution in [3.63, 3.8) is 0 Å². The number of amides is 1. The lowest BCUT2D eigenvalue weighted by Gasteiger charge is -2.36. The summed E-state index contributed by atoms with van der Waals surface area (Å²) < 4.78 is 5.21. The minimum Gasteiger partial charge on any atom is -0.497 e. The molecule has 0 N–H and O–H groups in total. The van der Waals surface area contributed by atoms with Crippen LogP contribution in [0.2, 0.25) is 0 Å². The predicted molar refractivity (Wildman–Crippen MR) is 107 cm³/mol. The van der Waals surface area contributed by atoms with Crippen molar-refractivity contribution in [2.75, 3.05) is 56.2 Å². The molecule has 142 valence electrons. The highest BCUT2D eigenvalue weighted by Gasteiger charge is 2.23. The molecule has 4 rings (SSSR count). The minimum atomic E-state index is 0.0253. The van der Waals surface area contributed by atoms with E-state index in [0.717, 1.165) is 43.3 Å². The first-order valence-electron chi connectivity index (χ1n) is 9.64. The second-order valence-electron chi connectivity index (χ2n) is 7.07. The van der Waals surface area contributed by atoms with Gasteiger partial charge in [-0.3, -0.25) is 4.79 Å². The largest absolute Gasteiger partial charge is 0.497 e. The van der Waals surface area contributed by atoms with Crippen LogP contribution in [-0.2, 0) is 0 Å². The number of rotatable bonds is 4. The van der Waals surface area contributed by atoms with Crippen molar-refractivity contribution < 1.29 is 9.53 Å². The summed E-state index contributed by atoms with van der Waals surface area (Å²) in [5.41, 5.74) is 2.82. The van der Waals surface area contributed by atoms with Crippen LogP contribution in [0.25, 0.3) is 0 Å². The maximum absolute atomic E-state index is 12.8. The zero-order valence-corrected chi connectivity index (χ0v) is 15.8. The van der Waals surface area contributed by atoms with Crippen LogP contribution >= 0.6 is 0 Å². The Balaban J connectivity index is 1.35. The van der Waals surface area contributed by atoms with Crippen LogP contribution in [0.5, 0.6) is 5.75 Å². The van der Waals surface area contributed by atoms with Crippen molar-refractivity contribution in [2.24, 2.45) is 0 Å². The number of carbonyl (C=O) groups is 1. The number of anilines is 2. The van der Waals surface area contributed by atoms with Gasteiger partial charge in [0.25, 0.3) is 5.91 Å². The standard InChI is InChI=1S/C21H26N4O2/c1-27-19-7-4-17(5-8-19)24-12-14-25(15-13-24)21(26)20-9-6-18(16-22-20)23-10-2-3-11-23/h4-9,16H,2-3,10-15H2,1H3. The summed E-state index contributed by atoms with van der Waals surface area (Å²) in [5.74, 6) is 0.883. The summed E-state index contributed by atoms with van der Waals surface area (Å²) >= 11 is 0. The van der Waals surface area contributed by atoms with Crippen LogP contribution < -0.4 is 14.5 Å². The molecule has 3 heterocycles. The lowest BCUT2D eigenvalue weighted by molar-refractivity contribution is 0.0741. The fourth-order valence-corrected chi connectivity index (χ4v) is 3.80. The summed E-state index contributed by atoms with van der Waals surface area (Å²) in [7, 11) is 1.67. The topological polar surface area (TPSA) is 48.9 Å². The quantitative estimate of drug-likeness (QED) is 0.833. The molecule has 2 aliphatic rings. The van der Waals surface area contributed by atoms with E-state index in [-0.39, 0.29) is 5.91 Å². The molecule has 0 radical (unpaired) electrons. The third kappa shape index (κ3) is 3.84. The third-order valence-electron chi connectivity index (χ3n) is 5.44. The zero-order chi connectivity index (χ0) is 18.6. The van der Waals surface area contributed by atoms with Crippen molar-refractivity contribution in [1.82, 2.24) is 9.88 Å². The number of carbonyl (C=O) groups excluding carboxylic acids is 1. The second kappa shape index (κ2) is 7.86. The fourth-order valence-electron chi connectivity index (χ4n) is 3.80. The molecular weight excluding hydrogens is 340 g/mol. The zero-order valence-electron chi connectivity index (χ0n) is 15.8. The van der Waals surface area contributed by atoms with Crippen LogP contribution in [-0.4, -0.2) is 62.2 Å². The van der Waals surface area contributed by atoms with Crippen LogP contribution in [0.3, 0.4) is 0 Å². The molecule has 0 saturated carbocycles. The second-order valence-corrected chi connectivity index (χ2v) is 7.07. The summed E-state index contributed by atoms with van der Waals surface area (Å²) in [6, 6.07) is 12.0. The number of nitrogens with zero attached hydrogens (tertiary/aromatic N) is 4. The molecule has 0 atom stereocenters. The van der Waals surface area contributed by atoms with Crippen LogP contribution in [0.1, 0.15) is 23.3 Å². The Hall–Kier alpha value is -2.76. The lowest BCUT2D eigenvalue weighted by Crippen LogP contribution is -2.49. The first-order valence-corrected chi connectivity index (χ1v) is 9.64. The van der Waals surface area contributed by atoms with Gasteiger partial charge in [0.2, 0.25) is 0 Å². The van der Waals surface area contributed by atoms with Gasteiger partial charge in [0.15, 0.2) is 0 Å². The van der Waals surface area contributed by atoms with Crippen LogP contribution in [0, 0.1) is 0 Å². The Labute approximate surface area is 160 Å². The molecule has 2 aromatic rings. The molecule has 0 aliphatic carbocycles. The summed E-state index contributed by atoms with van der Waals surface area (Å²) in [5, 5.41) is 0. The Morgan fingerprint density at radius 2 is 1.48 bits per heavy atom. The Bertz CT molecular complexity index is 762. The molecule has 1 aromatic heterocycles. The molecule has 1 amide bonds. The van der Waals surface area contributed by atoms with Gasteiger partial charge in [0.05, 0.1) is 19.0 Å². The van der Waals surface area contributed by atoms with Crippen molar-refractivity contribution >= 4 is 17.3 Å². The van der Waals surface area contributed by atoms with Gasteiger partial charge in [-0.2, -0.15) is 0 Å². The van der Waals surface area contributed by atoms with E-state index in [2.05, 4.69) is 26.9 Å². The van der Waals surface area contributed by atoms with E-state index in [1.807, 2.05) is 35.4 Å². The van der Waals surface area contributed by atoms with Crippen molar-refractivity contribution in [3.05, 3.63) is 48.3 Å². The lowest BCUT2D eigenvalue weighted by atomic mass is 10.2. The van der Waals surface area contributed by atoms with Crippen molar-refractivity contribution in [3.8, 4) is 5.75 Å². The molecule has 27 heavy (non-hydrogen) atoms. The smallest absolute Gasteiger partial charge is 0.272 e. The van der Waals surface area contributed by atoms with E-state index in [1.165, 1.54) is 12.8 Å². The highest BCUT2D eigenvalue weighted by atomic mass is 16.5. The van der Waals surface area contributed by atoms with Gasteiger partial charge in [-0.05, 0) is 49.2 Å². The molecule has 6 heteroatoms. The molecule has 2 aliphatic heterocycles. The molecule has 6 nitrogen and oxygen atoms in total. The van der Waals surface area contributed by atoms with Crippen LogP contribution in [0.4, 0.5) is 11.4 Å². The first kappa shape index (κ1) is 17.6. The molecule has 2 saturated heterocycles. The summed E-state index contributed by atoms with van der Waals surface area (Å²) in [6.45, 7) is 5.24. The summed E-state index contributed by atoms with van der Waals surface area (Å²) in [4.78, 5) is 23.7. The number of benzene rings is 1. The van der Waals surface area contributed by atoms with Gasteiger partial charge >= 0.3 is 0 Å². The Kier molecular flexibility index (Phi) is 5.14. The number of pyridine rings is 1. The average Bonchev–Trinajstić information content (AvgIpc) is 3.28. The van der Waals surface area contributed by atoms with Crippen molar-refractivity contribution in [2.45, 2.75) is 12.8 Å². The molecule has 1 aromatic carbocycles. The number of hydrogen-bond donors (Lipinski definition) is 0. The monoisotopic (exact) mass is 366 g/mol. The van der Waals surface area contributed by atoms with E-state index in [0.29, 0.717) is 18.8 Å². The van der Waals surface area contributed by atoms with Crippen LogP contribution in [0.15, 0.2) is 42.6 Å². The van der Waals surface area contributed by atoms with Gasteiger partial charge in [-0.15, -0.1) is 0 Å². The number of aromatic nitrogens is 1. The van der Waals surface area contributed by atoms with Gasteiger partial charge in [-0.1, -0.05) is 0 Å². The number of ether oxygens (including phenoxy) is 1. The maximum atomic E-state index is 12.8. The SMILES string of the molecule is COc1ccc(N2CCN(C(=O)c3ccc(N4CCCC4)cn3)CC2)cc1. The molecule has 0 spiro atoms. The highest BCUT2D eigenvalue weighted by Crippen LogP contribution is 2.22. The third-order valence-corrected chi connectivity index (χ3v) is 5.44. The first-order chi connectivity index (χ1) is 13.2. The number of piperazine rings is 1. The predicted octanol–water partition coefficient (Wildman–Crippen LogP) is 2.65. The van der Waals surface area contributed by atoms with E-state index >= 15 is 0 Å². The number of hydrogen-bond acceptors (Lipinski definition) is 5. The van der Waals surface area contributed by atoms with Gasteiger partial charge in [-0.25, -0.2) is 4.98 Å². The van der Waals surface area contributed by atoms with Crippen molar-refractivity contribution in [1.29, 1.82) is 0 Å². The minimum absolute atomic E-state index is 0.0253. The van der Waals surface area contributed by atoms with Gasteiger partial charge in [0, 0.05) is 45.0 Å². The summed E-state index contributed by atoms with van der Waals surface area (Å²) in [6.07, 6.45) is 4.31. The Morgan fingerprint density at radius 3 is 2.07 bits per heavy atom. The highest BCUT2D eigenvalue weighted by molar-refractivity contribution is 5.92. The molecule has 2 fully saturated rings. The molecular formula is C21H26N4O2. The molecule has 0 unspecified atom stereocenters. The normalized spacial score (nSPS) is 17.3. The van der Waals surface area contributed by atoms with E-state index in [9.17, 15) is 4.79 Å². The Morgan fingerprint density at radius 1 is 0.852 bits per heavy atom. The molecule has 0 bridgehead atoms. The van der Waals surface area contributed by atoms with Gasteiger partial charge < -0.3 is 19.4 Å². The average molecular weight is 366 g/mol. The number of methoxy groups -OCH3 is 1. The van der Waals surface area contributed by atoms with Gasteiger partial charge in [0.1, 0.15) is 11.4 Å². The van der Waals surface area contributed by atoms with E-state index in [1.54, 1.807) is 7.11 Å². The van der Waals surface area contributed by atoms with E-state index in [4.69, 9.17) is 4.74 Å². The maximum Gasteiger partial charge on any atom is 0.272 e. The van der Waals surface area contributed by atoms with E-state index < -0.39 is 0 Å².